The van der Waals surface area contributed by atoms with Crippen molar-refractivity contribution in [1.82, 2.24) is 20.1 Å². The Balaban J connectivity index is 1.76. The zero-order chi connectivity index (χ0) is 23.6. The topological polar surface area (TPSA) is 79.1 Å². The maximum Gasteiger partial charge on any atom is 0.253 e. The second-order valence-electron chi connectivity index (χ2n) is 8.23. The molecule has 1 aromatic heterocycles. The lowest BCUT2D eigenvalue weighted by atomic mass is 10.1. The van der Waals surface area contributed by atoms with Crippen LogP contribution in [0.2, 0.25) is 0 Å². The molecule has 182 valence electrons. The van der Waals surface area contributed by atoms with Crippen LogP contribution in [-0.4, -0.2) is 80.1 Å². The smallest absolute Gasteiger partial charge is 0.253 e. The van der Waals surface area contributed by atoms with Crippen molar-refractivity contribution in [2.24, 2.45) is 0 Å². The number of fused-ring (bicyclic) bond motifs is 1. The van der Waals surface area contributed by atoms with Gasteiger partial charge in [0, 0.05) is 49.7 Å². The summed E-state index contributed by atoms with van der Waals surface area (Å²) in [6.07, 6.45) is 3.12. The minimum atomic E-state index is -0.121. The number of aromatic amines is 1. The lowest BCUT2D eigenvalue weighted by Crippen LogP contribution is -2.43. The van der Waals surface area contributed by atoms with Crippen LogP contribution >= 0.6 is 12.2 Å². The average Bonchev–Trinajstić information content (AvgIpc) is 2.83. The maximum absolute atomic E-state index is 12.9. The summed E-state index contributed by atoms with van der Waals surface area (Å²) in [6.45, 7) is 8.72. The summed E-state index contributed by atoms with van der Waals surface area (Å²) in [4.78, 5) is 20.4. The van der Waals surface area contributed by atoms with E-state index in [1.807, 2.05) is 12.1 Å². The molecule has 1 aliphatic rings. The average molecular weight is 477 g/mol. The summed E-state index contributed by atoms with van der Waals surface area (Å²) >= 11 is 5.70. The number of H-pyrrole nitrogens is 1. The number of unbranched alkanes of at least 4 members (excludes halogenated alkanes) is 1. The third kappa shape index (κ3) is 7.06. The molecule has 0 aliphatic carbocycles. The quantitative estimate of drug-likeness (QED) is 0.379. The predicted octanol–water partition coefficient (Wildman–Crippen LogP) is 2.74. The van der Waals surface area contributed by atoms with E-state index in [1.54, 1.807) is 20.3 Å². The molecule has 0 bridgehead atoms. The van der Waals surface area contributed by atoms with Gasteiger partial charge in [-0.15, -0.1) is 0 Å². The van der Waals surface area contributed by atoms with E-state index in [2.05, 4.69) is 27.0 Å². The van der Waals surface area contributed by atoms with Crippen LogP contribution in [0.3, 0.4) is 0 Å². The molecule has 8 nitrogen and oxygen atoms in total. The first-order chi connectivity index (χ1) is 16.0. The number of thiocarbonyl (C=S) groups is 1. The van der Waals surface area contributed by atoms with Crippen LogP contribution < -0.4 is 20.3 Å². The van der Waals surface area contributed by atoms with Gasteiger partial charge in [0.25, 0.3) is 5.56 Å². The number of ether oxygens (including phenoxy) is 3. The number of morpholine rings is 1. The van der Waals surface area contributed by atoms with Gasteiger partial charge in [-0.1, -0.05) is 13.3 Å². The molecule has 33 heavy (non-hydrogen) atoms. The Kier molecular flexibility index (Phi) is 9.77. The van der Waals surface area contributed by atoms with Gasteiger partial charge in [0.2, 0.25) is 0 Å². The number of nitrogens with one attached hydrogen (secondary N) is 2. The molecule has 2 heterocycles. The Morgan fingerprint density at radius 2 is 1.91 bits per heavy atom. The molecule has 0 spiro atoms. The van der Waals surface area contributed by atoms with E-state index in [0.29, 0.717) is 34.2 Å². The molecular formula is C24H36N4O4S. The highest BCUT2D eigenvalue weighted by molar-refractivity contribution is 7.80. The van der Waals surface area contributed by atoms with Gasteiger partial charge in [0.05, 0.1) is 39.5 Å². The molecule has 1 aliphatic heterocycles. The molecule has 9 heteroatoms. The van der Waals surface area contributed by atoms with Crippen molar-refractivity contribution in [2.75, 3.05) is 60.2 Å². The normalized spacial score (nSPS) is 14.3. The fraction of sp³-hybridized carbons (Fsp3) is 0.583. The van der Waals surface area contributed by atoms with Crippen molar-refractivity contribution in [3.8, 4) is 11.5 Å². The first-order valence-electron chi connectivity index (χ1n) is 11.7. The zero-order valence-corrected chi connectivity index (χ0v) is 20.8. The summed E-state index contributed by atoms with van der Waals surface area (Å²) < 4.78 is 16.2. The zero-order valence-electron chi connectivity index (χ0n) is 19.9. The van der Waals surface area contributed by atoms with Gasteiger partial charge in [0.15, 0.2) is 16.6 Å². The van der Waals surface area contributed by atoms with Crippen LogP contribution in [0.25, 0.3) is 10.9 Å². The Morgan fingerprint density at radius 3 is 2.61 bits per heavy atom. The van der Waals surface area contributed by atoms with Crippen molar-refractivity contribution in [3.63, 3.8) is 0 Å². The van der Waals surface area contributed by atoms with Gasteiger partial charge in [-0.25, -0.2) is 0 Å². The highest BCUT2D eigenvalue weighted by Gasteiger charge is 2.16. The molecule has 2 aromatic rings. The highest BCUT2D eigenvalue weighted by Crippen LogP contribution is 2.31. The third-order valence-corrected chi connectivity index (χ3v) is 6.29. The van der Waals surface area contributed by atoms with E-state index in [4.69, 9.17) is 26.4 Å². The van der Waals surface area contributed by atoms with Crippen molar-refractivity contribution >= 4 is 28.2 Å². The number of pyridine rings is 1. The van der Waals surface area contributed by atoms with E-state index < -0.39 is 0 Å². The maximum atomic E-state index is 12.9. The Hall–Kier alpha value is -2.36. The third-order valence-electron chi connectivity index (χ3n) is 5.89. The van der Waals surface area contributed by atoms with Crippen molar-refractivity contribution in [3.05, 3.63) is 34.1 Å². The van der Waals surface area contributed by atoms with E-state index >= 15 is 0 Å². The standard InChI is InChI=1S/C24H36N4O4S/c1-4-5-7-25-24(33)28(9-6-8-27-10-12-32-13-11-27)17-19-14-18-15-21(30-2)22(31-3)16-20(18)26-23(19)29/h14-16H,4-13,17H2,1-3H3,(H,25,33)(H,26,29). The number of benzene rings is 1. The highest BCUT2D eigenvalue weighted by atomic mass is 32.1. The van der Waals surface area contributed by atoms with Crippen LogP contribution in [0.1, 0.15) is 31.7 Å². The molecule has 0 amide bonds. The summed E-state index contributed by atoms with van der Waals surface area (Å²) in [6, 6.07) is 5.59. The van der Waals surface area contributed by atoms with Crippen LogP contribution in [-0.2, 0) is 11.3 Å². The molecule has 1 aromatic carbocycles. The van der Waals surface area contributed by atoms with Gasteiger partial charge >= 0.3 is 0 Å². The van der Waals surface area contributed by atoms with Gasteiger partial charge in [-0.05, 0) is 37.2 Å². The number of aromatic nitrogens is 1. The summed E-state index contributed by atoms with van der Waals surface area (Å²) in [5.74, 6) is 1.21. The molecule has 0 saturated carbocycles. The fourth-order valence-corrected chi connectivity index (χ4v) is 4.21. The summed E-state index contributed by atoms with van der Waals surface area (Å²) in [7, 11) is 3.18. The van der Waals surface area contributed by atoms with Gasteiger partial charge in [-0.3, -0.25) is 9.69 Å². The second-order valence-corrected chi connectivity index (χ2v) is 8.62. The summed E-state index contributed by atoms with van der Waals surface area (Å²) in [5.41, 5.74) is 1.26. The molecule has 0 unspecified atom stereocenters. The number of hydrogen-bond donors (Lipinski definition) is 2. The van der Waals surface area contributed by atoms with Crippen LogP contribution in [0, 0.1) is 0 Å². The van der Waals surface area contributed by atoms with E-state index in [9.17, 15) is 4.79 Å². The molecule has 2 N–H and O–H groups in total. The Morgan fingerprint density at radius 1 is 1.18 bits per heavy atom. The van der Waals surface area contributed by atoms with E-state index in [0.717, 1.165) is 70.6 Å². The Bertz CT molecular complexity index is 975. The van der Waals surface area contributed by atoms with Crippen molar-refractivity contribution < 1.29 is 14.2 Å². The van der Waals surface area contributed by atoms with Crippen LogP contribution in [0.5, 0.6) is 11.5 Å². The molecule has 1 saturated heterocycles. The van der Waals surface area contributed by atoms with Crippen molar-refractivity contribution in [1.29, 1.82) is 0 Å². The minimum Gasteiger partial charge on any atom is -0.493 e. The number of nitrogens with zero attached hydrogens (tertiary/aromatic N) is 2. The van der Waals surface area contributed by atoms with Crippen molar-refractivity contribution in [2.45, 2.75) is 32.7 Å². The second kappa shape index (κ2) is 12.8. The minimum absolute atomic E-state index is 0.121. The predicted molar refractivity (Wildman–Crippen MR) is 135 cm³/mol. The first kappa shape index (κ1) is 25.3. The molecule has 0 radical (unpaired) electrons. The molecule has 3 rings (SSSR count). The van der Waals surface area contributed by atoms with Gasteiger partial charge < -0.3 is 29.4 Å². The molecular weight excluding hydrogens is 440 g/mol. The van der Waals surface area contributed by atoms with E-state index in [-0.39, 0.29) is 5.56 Å². The number of methoxy groups -OCH3 is 2. The largest absolute Gasteiger partial charge is 0.493 e. The fourth-order valence-electron chi connectivity index (χ4n) is 3.95. The lowest BCUT2D eigenvalue weighted by molar-refractivity contribution is 0.0367. The number of hydrogen-bond acceptors (Lipinski definition) is 6. The monoisotopic (exact) mass is 476 g/mol. The number of rotatable bonds is 11. The Labute approximate surface area is 201 Å². The SMILES string of the molecule is CCCCNC(=S)N(CCCN1CCOCC1)Cc1cc2cc(OC)c(OC)cc2[nH]c1=O. The van der Waals surface area contributed by atoms with Gasteiger partial charge in [0.1, 0.15) is 0 Å². The lowest BCUT2D eigenvalue weighted by Gasteiger charge is -2.29. The van der Waals surface area contributed by atoms with Gasteiger partial charge in [-0.2, -0.15) is 0 Å². The van der Waals surface area contributed by atoms with Crippen LogP contribution in [0.4, 0.5) is 0 Å². The molecule has 0 atom stereocenters. The van der Waals surface area contributed by atoms with Crippen LogP contribution in [0.15, 0.2) is 23.0 Å². The van der Waals surface area contributed by atoms with E-state index in [1.165, 1.54) is 0 Å². The molecule has 1 fully saturated rings. The first-order valence-corrected chi connectivity index (χ1v) is 12.1. The summed E-state index contributed by atoms with van der Waals surface area (Å²) in [5, 5.41) is 4.94.